The van der Waals surface area contributed by atoms with Gasteiger partial charge in [-0.05, 0) is 17.7 Å². The first kappa shape index (κ1) is 14.1. The lowest BCUT2D eigenvalue weighted by Gasteiger charge is -2.34. The van der Waals surface area contributed by atoms with E-state index in [-0.39, 0.29) is 18.5 Å². The predicted molar refractivity (Wildman–Crippen MR) is 78.9 cm³/mol. The Kier molecular flexibility index (Phi) is 3.78. The number of rotatable bonds is 4. The van der Waals surface area contributed by atoms with Gasteiger partial charge in [-0.3, -0.25) is 9.69 Å². The van der Waals surface area contributed by atoms with E-state index in [9.17, 15) is 9.59 Å². The highest BCUT2D eigenvalue weighted by Crippen LogP contribution is 2.17. The largest absolute Gasteiger partial charge is 0.497 e. The average Bonchev–Trinajstić information content (AvgIpc) is 3.06. The molecule has 1 fully saturated rings. The number of ether oxygens (including phenoxy) is 1. The fourth-order valence-electron chi connectivity index (χ4n) is 2.36. The molecule has 3 amide bonds. The minimum Gasteiger partial charge on any atom is -0.497 e. The second-order valence-corrected chi connectivity index (χ2v) is 4.93. The number of methoxy groups -OCH3 is 1. The van der Waals surface area contributed by atoms with E-state index in [0.29, 0.717) is 13.0 Å². The topological polar surface area (TPSA) is 67.7 Å². The minimum absolute atomic E-state index is 0.169. The zero-order valence-electron chi connectivity index (χ0n) is 12.2. The maximum atomic E-state index is 12.5. The Labute approximate surface area is 127 Å². The maximum Gasteiger partial charge on any atom is 0.346 e. The van der Waals surface area contributed by atoms with Gasteiger partial charge in [-0.2, -0.15) is 0 Å². The van der Waals surface area contributed by atoms with Gasteiger partial charge < -0.3 is 4.74 Å². The number of hydrogen-bond donors (Lipinski definition) is 0. The number of amides is 3. The first-order chi connectivity index (χ1) is 10.7. The standard InChI is InChI=1S/C15H16N4O3/c1-22-13-4-2-12(3-5-13)10-18-14(20)6-8-19(15(18)21)17-9-7-16-11-17/h2-5,7,9,11H,6,8,10H2,1H3. The van der Waals surface area contributed by atoms with Crippen molar-refractivity contribution in [1.82, 2.24) is 14.6 Å². The number of imidazole rings is 1. The van der Waals surface area contributed by atoms with Crippen LogP contribution in [0.1, 0.15) is 12.0 Å². The fraction of sp³-hybridized carbons (Fsp3) is 0.267. The number of nitrogens with zero attached hydrogens (tertiary/aromatic N) is 4. The van der Waals surface area contributed by atoms with Crippen molar-refractivity contribution in [1.29, 1.82) is 0 Å². The molecule has 1 aliphatic rings. The Morgan fingerprint density at radius 3 is 2.64 bits per heavy atom. The molecule has 1 aliphatic heterocycles. The molecule has 0 unspecified atom stereocenters. The van der Waals surface area contributed by atoms with E-state index in [1.54, 1.807) is 30.5 Å². The van der Waals surface area contributed by atoms with Crippen LogP contribution in [0.25, 0.3) is 0 Å². The van der Waals surface area contributed by atoms with Crippen LogP contribution in [0.2, 0.25) is 0 Å². The van der Waals surface area contributed by atoms with E-state index in [2.05, 4.69) is 4.98 Å². The number of hydrogen-bond acceptors (Lipinski definition) is 4. The van der Waals surface area contributed by atoms with Crippen LogP contribution in [0, 0.1) is 0 Å². The Morgan fingerprint density at radius 2 is 2.00 bits per heavy atom. The Balaban J connectivity index is 1.78. The molecule has 22 heavy (non-hydrogen) atoms. The van der Waals surface area contributed by atoms with Gasteiger partial charge in [0, 0.05) is 18.8 Å². The van der Waals surface area contributed by atoms with Crippen LogP contribution >= 0.6 is 0 Å². The summed E-state index contributed by atoms with van der Waals surface area (Å²) in [6, 6.07) is 6.96. The normalized spacial score (nSPS) is 15.3. The van der Waals surface area contributed by atoms with E-state index in [4.69, 9.17) is 4.74 Å². The third-order valence-electron chi connectivity index (χ3n) is 3.56. The summed E-state index contributed by atoms with van der Waals surface area (Å²) in [7, 11) is 1.59. The van der Waals surface area contributed by atoms with Crippen LogP contribution in [-0.4, -0.2) is 40.2 Å². The zero-order valence-corrected chi connectivity index (χ0v) is 12.2. The predicted octanol–water partition coefficient (Wildman–Crippen LogP) is 1.38. The number of imide groups is 1. The summed E-state index contributed by atoms with van der Waals surface area (Å²) < 4.78 is 6.69. The van der Waals surface area contributed by atoms with Gasteiger partial charge in [0.15, 0.2) is 0 Å². The summed E-state index contributed by atoms with van der Waals surface area (Å²) in [5.41, 5.74) is 0.870. The summed E-state index contributed by atoms with van der Waals surface area (Å²) in [5.74, 6) is 0.567. The van der Waals surface area contributed by atoms with Gasteiger partial charge in [-0.1, -0.05) is 12.1 Å². The molecule has 3 rings (SSSR count). The van der Waals surface area contributed by atoms with Crippen molar-refractivity contribution < 1.29 is 14.3 Å². The molecular weight excluding hydrogens is 284 g/mol. The van der Waals surface area contributed by atoms with E-state index >= 15 is 0 Å². The second-order valence-electron chi connectivity index (χ2n) is 4.93. The lowest BCUT2D eigenvalue weighted by molar-refractivity contribution is -0.129. The molecule has 0 aliphatic carbocycles. The SMILES string of the molecule is COc1ccc(CN2C(=O)CCN(n3ccnc3)C2=O)cc1. The average molecular weight is 300 g/mol. The second kappa shape index (κ2) is 5.88. The summed E-state index contributed by atoms with van der Waals surface area (Å²) in [4.78, 5) is 29.8. The first-order valence-corrected chi connectivity index (χ1v) is 6.92. The van der Waals surface area contributed by atoms with Crippen molar-refractivity contribution in [2.45, 2.75) is 13.0 Å². The number of carbonyl (C=O) groups is 2. The number of benzene rings is 1. The molecule has 0 radical (unpaired) electrons. The summed E-state index contributed by atoms with van der Waals surface area (Å²) in [6.45, 7) is 0.597. The van der Waals surface area contributed by atoms with E-state index < -0.39 is 0 Å². The maximum absolute atomic E-state index is 12.5. The highest BCUT2D eigenvalue weighted by Gasteiger charge is 2.32. The van der Waals surface area contributed by atoms with Crippen molar-refractivity contribution in [2.24, 2.45) is 0 Å². The van der Waals surface area contributed by atoms with E-state index in [1.165, 1.54) is 9.91 Å². The van der Waals surface area contributed by atoms with Crippen molar-refractivity contribution in [3.8, 4) is 5.75 Å². The fourth-order valence-corrected chi connectivity index (χ4v) is 2.36. The molecule has 0 saturated carbocycles. The smallest absolute Gasteiger partial charge is 0.346 e. The van der Waals surface area contributed by atoms with Gasteiger partial charge in [0.05, 0.1) is 20.2 Å². The van der Waals surface area contributed by atoms with Gasteiger partial charge >= 0.3 is 6.03 Å². The van der Waals surface area contributed by atoms with Crippen LogP contribution in [0.15, 0.2) is 43.0 Å². The molecule has 7 nitrogen and oxygen atoms in total. The first-order valence-electron chi connectivity index (χ1n) is 6.92. The summed E-state index contributed by atoms with van der Waals surface area (Å²) in [6.07, 6.45) is 5.11. The van der Waals surface area contributed by atoms with Gasteiger partial charge in [-0.15, -0.1) is 0 Å². The molecular formula is C15H16N4O3. The van der Waals surface area contributed by atoms with Crippen LogP contribution in [0.5, 0.6) is 5.75 Å². The Hall–Kier alpha value is -2.83. The van der Waals surface area contributed by atoms with Crippen LogP contribution in [0.4, 0.5) is 4.79 Å². The van der Waals surface area contributed by atoms with Gasteiger partial charge in [0.25, 0.3) is 0 Å². The number of aromatic nitrogens is 2. The third kappa shape index (κ3) is 2.65. The molecule has 0 atom stereocenters. The monoisotopic (exact) mass is 300 g/mol. The van der Waals surface area contributed by atoms with Crippen LogP contribution < -0.4 is 9.75 Å². The quantitative estimate of drug-likeness (QED) is 0.855. The van der Waals surface area contributed by atoms with Crippen LogP contribution in [0.3, 0.4) is 0 Å². The van der Waals surface area contributed by atoms with E-state index in [1.807, 2.05) is 24.3 Å². The molecule has 0 bridgehead atoms. The van der Waals surface area contributed by atoms with Gasteiger partial charge in [0.1, 0.15) is 12.1 Å². The summed E-state index contributed by atoms with van der Waals surface area (Å²) >= 11 is 0. The molecule has 7 heteroatoms. The molecule has 114 valence electrons. The van der Waals surface area contributed by atoms with E-state index in [0.717, 1.165) is 11.3 Å². The van der Waals surface area contributed by atoms with Gasteiger partial charge in [0.2, 0.25) is 5.91 Å². The number of carbonyl (C=O) groups excluding carboxylic acids is 2. The number of urea groups is 1. The molecule has 1 saturated heterocycles. The van der Waals surface area contributed by atoms with Crippen LogP contribution in [-0.2, 0) is 11.3 Å². The lowest BCUT2D eigenvalue weighted by atomic mass is 10.2. The Morgan fingerprint density at radius 1 is 1.23 bits per heavy atom. The molecule has 1 aromatic heterocycles. The molecule has 2 aromatic rings. The zero-order chi connectivity index (χ0) is 15.5. The van der Waals surface area contributed by atoms with Crippen molar-refractivity contribution >= 4 is 11.9 Å². The highest BCUT2D eigenvalue weighted by atomic mass is 16.5. The molecule has 2 heterocycles. The molecule has 0 spiro atoms. The van der Waals surface area contributed by atoms with Gasteiger partial charge in [-0.25, -0.2) is 19.5 Å². The van der Waals surface area contributed by atoms with Crippen molar-refractivity contribution in [2.75, 3.05) is 18.7 Å². The third-order valence-corrected chi connectivity index (χ3v) is 3.56. The van der Waals surface area contributed by atoms with Crippen molar-refractivity contribution in [3.63, 3.8) is 0 Å². The lowest BCUT2D eigenvalue weighted by Crippen LogP contribution is -2.55. The summed E-state index contributed by atoms with van der Waals surface area (Å²) in [5, 5.41) is 1.50. The molecule has 1 aromatic carbocycles. The Bertz CT molecular complexity index is 667. The highest BCUT2D eigenvalue weighted by molar-refractivity contribution is 6.01. The van der Waals surface area contributed by atoms with Crippen molar-refractivity contribution in [3.05, 3.63) is 48.5 Å². The molecule has 0 N–H and O–H groups in total. The minimum atomic E-state index is -0.343.